The third-order valence-corrected chi connectivity index (χ3v) is 5.25. The Morgan fingerprint density at radius 3 is 2.67 bits per heavy atom. The first-order valence-electron chi connectivity index (χ1n) is 5.90. The zero-order valence-electron chi connectivity index (χ0n) is 10.1. The number of piperidine rings is 1. The fraction of sp³-hybridized carbons (Fsp3) is 0.500. The fourth-order valence-electron chi connectivity index (χ4n) is 2.23. The maximum absolute atomic E-state index is 13.6. The Kier molecular flexibility index (Phi) is 3.68. The van der Waals surface area contributed by atoms with Gasteiger partial charge in [-0.1, -0.05) is 6.42 Å². The van der Waals surface area contributed by atoms with E-state index < -0.39 is 26.6 Å². The van der Waals surface area contributed by atoms with Gasteiger partial charge in [0.15, 0.2) is 0 Å². The molecular weight excluding hydrogens is 260 g/mol. The molecule has 1 aromatic carbocycles. The molecule has 18 heavy (non-hydrogen) atoms. The lowest BCUT2D eigenvalue weighted by molar-refractivity contribution is 0.267. The predicted molar refractivity (Wildman–Crippen MR) is 63.6 cm³/mol. The number of hydrogen-bond donors (Lipinski definition) is 0. The maximum atomic E-state index is 13.6. The largest absolute Gasteiger partial charge is 0.246 e. The monoisotopic (exact) mass is 275 g/mol. The summed E-state index contributed by atoms with van der Waals surface area (Å²) in [6.45, 7) is 2.15. The zero-order chi connectivity index (χ0) is 13.3. The molecule has 1 heterocycles. The number of benzene rings is 1. The number of rotatable bonds is 2. The average molecular weight is 275 g/mol. The molecule has 1 aromatic rings. The molecule has 2 rings (SSSR count). The van der Waals surface area contributed by atoms with Gasteiger partial charge in [-0.3, -0.25) is 0 Å². The van der Waals surface area contributed by atoms with E-state index in [1.807, 2.05) is 0 Å². The summed E-state index contributed by atoms with van der Waals surface area (Å²) < 4.78 is 52.5. The second-order valence-electron chi connectivity index (χ2n) is 4.54. The summed E-state index contributed by atoms with van der Waals surface area (Å²) in [4.78, 5) is -0.573. The Morgan fingerprint density at radius 1 is 1.28 bits per heavy atom. The molecule has 1 aliphatic rings. The highest BCUT2D eigenvalue weighted by molar-refractivity contribution is 7.89. The van der Waals surface area contributed by atoms with Gasteiger partial charge in [-0.2, -0.15) is 4.31 Å². The van der Waals surface area contributed by atoms with Gasteiger partial charge in [0, 0.05) is 12.6 Å². The number of sulfonamides is 1. The van der Waals surface area contributed by atoms with Gasteiger partial charge in [-0.25, -0.2) is 17.2 Å². The topological polar surface area (TPSA) is 37.4 Å². The second-order valence-corrected chi connectivity index (χ2v) is 6.39. The second kappa shape index (κ2) is 4.93. The van der Waals surface area contributed by atoms with Crippen LogP contribution in [-0.2, 0) is 10.0 Å². The minimum atomic E-state index is -3.95. The molecule has 0 spiro atoms. The third-order valence-electron chi connectivity index (χ3n) is 3.22. The van der Waals surface area contributed by atoms with Crippen LogP contribution in [0.2, 0.25) is 0 Å². The van der Waals surface area contributed by atoms with Crippen LogP contribution in [0.25, 0.3) is 0 Å². The molecule has 1 unspecified atom stereocenters. The van der Waals surface area contributed by atoms with Crippen LogP contribution in [0.15, 0.2) is 23.1 Å². The van der Waals surface area contributed by atoms with Crippen LogP contribution in [-0.4, -0.2) is 25.3 Å². The lowest BCUT2D eigenvalue weighted by Crippen LogP contribution is -2.42. The Bertz CT molecular complexity index is 545. The van der Waals surface area contributed by atoms with E-state index in [0.717, 1.165) is 37.5 Å². The van der Waals surface area contributed by atoms with E-state index in [1.54, 1.807) is 6.92 Å². The van der Waals surface area contributed by atoms with Crippen LogP contribution in [0.5, 0.6) is 0 Å². The third kappa shape index (κ3) is 2.40. The van der Waals surface area contributed by atoms with Gasteiger partial charge in [0.1, 0.15) is 16.5 Å². The summed E-state index contributed by atoms with van der Waals surface area (Å²) in [5.41, 5.74) is 0. The first kappa shape index (κ1) is 13.4. The molecule has 1 atom stereocenters. The summed E-state index contributed by atoms with van der Waals surface area (Å²) in [6.07, 6.45) is 2.45. The number of nitrogens with zero attached hydrogens (tertiary/aromatic N) is 1. The van der Waals surface area contributed by atoms with Gasteiger partial charge in [0.05, 0.1) is 0 Å². The molecule has 0 N–H and O–H groups in total. The van der Waals surface area contributed by atoms with Gasteiger partial charge < -0.3 is 0 Å². The molecule has 0 amide bonds. The van der Waals surface area contributed by atoms with E-state index in [1.165, 1.54) is 4.31 Å². The van der Waals surface area contributed by atoms with Crippen molar-refractivity contribution >= 4 is 10.0 Å². The standard InChI is InChI=1S/C12H15F2NO2S/c1-9-4-2-3-7-15(9)18(16,17)12-8-10(13)5-6-11(12)14/h5-6,8-9H,2-4,7H2,1H3. The smallest absolute Gasteiger partial charge is 0.207 e. The molecule has 1 fully saturated rings. The minimum Gasteiger partial charge on any atom is -0.207 e. The van der Waals surface area contributed by atoms with E-state index in [2.05, 4.69) is 0 Å². The van der Waals surface area contributed by atoms with Crippen molar-refractivity contribution < 1.29 is 17.2 Å². The van der Waals surface area contributed by atoms with Crippen LogP contribution in [0, 0.1) is 11.6 Å². The van der Waals surface area contributed by atoms with Crippen LogP contribution in [0.3, 0.4) is 0 Å². The quantitative estimate of drug-likeness (QED) is 0.831. The Balaban J connectivity index is 2.44. The van der Waals surface area contributed by atoms with Crippen LogP contribution in [0.4, 0.5) is 8.78 Å². The van der Waals surface area contributed by atoms with Crippen LogP contribution >= 0.6 is 0 Å². The lowest BCUT2D eigenvalue weighted by Gasteiger charge is -2.32. The number of halogens is 2. The molecule has 0 radical (unpaired) electrons. The van der Waals surface area contributed by atoms with Crippen molar-refractivity contribution in [2.75, 3.05) is 6.54 Å². The summed E-state index contributed by atoms with van der Waals surface area (Å²) >= 11 is 0. The molecule has 0 aromatic heterocycles. The number of hydrogen-bond acceptors (Lipinski definition) is 2. The predicted octanol–water partition coefficient (Wildman–Crippen LogP) is 2.53. The molecule has 0 aliphatic carbocycles. The average Bonchev–Trinajstić information content (AvgIpc) is 2.32. The van der Waals surface area contributed by atoms with Gasteiger partial charge in [-0.05, 0) is 38.0 Å². The van der Waals surface area contributed by atoms with E-state index in [9.17, 15) is 17.2 Å². The molecular formula is C12H15F2NO2S. The molecule has 0 saturated carbocycles. The highest BCUT2D eigenvalue weighted by atomic mass is 32.2. The highest BCUT2D eigenvalue weighted by Crippen LogP contribution is 2.26. The molecule has 3 nitrogen and oxygen atoms in total. The maximum Gasteiger partial charge on any atom is 0.246 e. The summed E-state index contributed by atoms with van der Waals surface area (Å²) in [5, 5.41) is 0. The summed E-state index contributed by atoms with van der Waals surface area (Å²) in [7, 11) is -3.95. The van der Waals surface area contributed by atoms with Gasteiger partial charge in [-0.15, -0.1) is 0 Å². The highest BCUT2D eigenvalue weighted by Gasteiger charge is 2.33. The van der Waals surface area contributed by atoms with Crippen molar-refractivity contribution in [3.8, 4) is 0 Å². The van der Waals surface area contributed by atoms with Crippen molar-refractivity contribution in [3.63, 3.8) is 0 Å². The van der Waals surface area contributed by atoms with E-state index >= 15 is 0 Å². The minimum absolute atomic E-state index is 0.175. The molecule has 6 heteroatoms. The SMILES string of the molecule is CC1CCCCN1S(=O)(=O)c1cc(F)ccc1F. The summed E-state index contributed by atoms with van der Waals surface area (Å²) in [6, 6.07) is 2.32. The van der Waals surface area contributed by atoms with Crippen LogP contribution < -0.4 is 0 Å². The first-order valence-corrected chi connectivity index (χ1v) is 7.34. The summed E-state index contributed by atoms with van der Waals surface area (Å²) in [5.74, 6) is -1.66. The zero-order valence-corrected chi connectivity index (χ0v) is 10.9. The molecule has 100 valence electrons. The lowest BCUT2D eigenvalue weighted by atomic mass is 10.1. The van der Waals surface area contributed by atoms with E-state index in [0.29, 0.717) is 6.54 Å². The van der Waals surface area contributed by atoms with Gasteiger partial charge >= 0.3 is 0 Å². The van der Waals surface area contributed by atoms with Crippen molar-refractivity contribution in [2.24, 2.45) is 0 Å². The van der Waals surface area contributed by atoms with Gasteiger partial charge in [0.2, 0.25) is 10.0 Å². The van der Waals surface area contributed by atoms with Crippen molar-refractivity contribution in [3.05, 3.63) is 29.8 Å². The van der Waals surface area contributed by atoms with Crippen LogP contribution in [0.1, 0.15) is 26.2 Å². The van der Waals surface area contributed by atoms with Crippen molar-refractivity contribution in [2.45, 2.75) is 37.1 Å². The first-order chi connectivity index (χ1) is 8.43. The molecule has 1 aliphatic heterocycles. The normalized spacial score (nSPS) is 22.1. The fourth-order valence-corrected chi connectivity index (χ4v) is 4.01. The van der Waals surface area contributed by atoms with E-state index in [-0.39, 0.29) is 6.04 Å². The Hall–Kier alpha value is -1.01. The van der Waals surface area contributed by atoms with Crippen molar-refractivity contribution in [1.29, 1.82) is 0 Å². The van der Waals surface area contributed by atoms with E-state index in [4.69, 9.17) is 0 Å². The Morgan fingerprint density at radius 2 is 2.00 bits per heavy atom. The Labute approximate surface area is 105 Å². The van der Waals surface area contributed by atoms with Gasteiger partial charge in [0.25, 0.3) is 0 Å². The molecule has 1 saturated heterocycles. The van der Waals surface area contributed by atoms with Crippen molar-refractivity contribution in [1.82, 2.24) is 4.31 Å². The molecule has 0 bridgehead atoms.